The molecule has 2 aliphatic rings. The number of nitrogens with zero attached hydrogens (tertiary/aromatic N) is 4. The Morgan fingerprint density at radius 2 is 2.08 bits per heavy atom. The van der Waals surface area contributed by atoms with Gasteiger partial charge in [-0.1, -0.05) is 0 Å². The highest BCUT2D eigenvalue weighted by molar-refractivity contribution is 7.89. The summed E-state index contributed by atoms with van der Waals surface area (Å²) in [5.41, 5.74) is 0.956. The third-order valence-corrected chi connectivity index (χ3v) is 7.09. The van der Waals surface area contributed by atoms with Crippen molar-refractivity contribution in [1.29, 1.82) is 0 Å². The molecule has 1 aliphatic heterocycles. The molecule has 0 aromatic carbocycles. The van der Waals surface area contributed by atoms with Crippen LogP contribution in [0, 0.1) is 5.92 Å². The van der Waals surface area contributed by atoms with Crippen LogP contribution in [0.2, 0.25) is 0 Å². The summed E-state index contributed by atoms with van der Waals surface area (Å²) in [4.78, 5) is 14.2. The number of carbonyl (C=O) groups excluding carboxylic acids is 1. The molecule has 26 heavy (non-hydrogen) atoms. The molecule has 1 aromatic heterocycles. The Labute approximate surface area is 155 Å². The lowest BCUT2D eigenvalue weighted by atomic mass is 9.99. The number of aromatic nitrogens is 2. The Bertz CT molecular complexity index is 741. The zero-order valence-electron chi connectivity index (χ0n) is 15.8. The van der Waals surface area contributed by atoms with E-state index in [2.05, 4.69) is 10.4 Å². The lowest BCUT2D eigenvalue weighted by Gasteiger charge is -2.20. The first kappa shape index (κ1) is 19.3. The molecule has 1 aromatic rings. The third kappa shape index (κ3) is 4.44. The van der Waals surface area contributed by atoms with Gasteiger partial charge in [-0.05, 0) is 46.0 Å². The van der Waals surface area contributed by atoms with E-state index in [0.717, 1.165) is 25.1 Å². The van der Waals surface area contributed by atoms with Gasteiger partial charge in [-0.2, -0.15) is 9.40 Å². The van der Waals surface area contributed by atoms with Crippen molar-refractivity contribution in [3.8, 4) is 0 Å². The van der Waals surface area contributed by atoms with Gasteiger partial charge in [0.1, 0.15) is 0 Å². The number of nitrogens with one attached hydrogen (secondary N) is 1. The second-order valence-corrected chi connectivity index (χ2v) is 9.75. The first-order valence-corrected chi connectivity index (χ1v) is 10.8. The van der Waals surface area contributed by atoms with E-state index in [9.17, 15) is 13.2 Å². The molecule has 2 heterocycles. The molecular formula is C17H29N5O3S. The van der Waals surface area contributed by atoms with Gasteiger partial charge < -0.3 is 10.2 Å². The van der Waals surface area contributed by atoms with Crippen molar-refractivity contribution in [1.82, 2.24) is 24.3 Å². The van der Waals surface area contributed by atoms with Crippen LogP contribution < -0.4 is 5.32 Å². The van der Waals surface area contributed by atoms with Crippen molar-refractivity contribution < 1.29 is 13.2 Å². The molecule has 2 atom stereocenters. The van der Waals surface area contributed by atoms with Gasteiger partial charge >= 0.3 is 0 Å². The summed E-state index contributed by atoms with van der Waals surface area (Å²) in [6, 6.07) is 1.70. The molecule has 1 amide bonds. The van der Waals surface area contributed by atoms with Gasteiger partial charge in [0.25, 0.3) is 0 Å². The highest BCUT2D eigenvalue weighted by atomic mass is 32.2. The third-order valence-electron chi connectivity index (χ3n) is 5.20. The van der Waals surface area contributed by atoms with E-state index in [1.165, 1.54) is 4.31 Å². The molecule has 146 valence electrons. The number of rotatable bonds is 8. The molecule has 3 rings (SSSR count). The monoisotopic (exact) mass is 383 g/mol. The second kappa shape index (κ2) is 7.66. The predicted molar refractivity (Wildman–Crippen MR) is 99.1 cm³/mol. The Kier molecular flexibility index (Phi) is 5.69. The summed E-state index contributed by atoms with van der Waals surface area (Å²) >= 11 is 0. The molecule has 2 fully saturated rings. The van der Waals surface area contributed by atoms with E-state index >= 15 is 0 Å². The van der Waals surface area contributed by atoms with E-state index in [1.54, 1.807) is 10.9 Å². The van der Waals surface area contributed by atoms with Gasteiger partial charge in [-0.25, -0.2) is 8.42 Å². The minimum absolute atomic E-state index is 0.0500. The molecule has 0 bridgehead atoms. The van der Waals surface area contributed by atoms with E-state index in [4.69, 9.17) is 0 Å². The fourth-order valence-electron chi connectivity index (χ4n) is 3.53. The first-order valence-electron chi connectivity index (χ1n) is 9.19. The SMILES string of the molecule is CN(C)CCCS(=O)(=O)N1C[C@@H](NC(=O)C2CC2)[C@H](c2ccnn2C)C1. The topological polar surface area (TPSA) is 87.5 Å². The highest BCUT2D eigenvalue weighted by Crippen LogP contribution is 2.32. The van der Waals surface area contributed by atoms with Gasteiger partial charge in [-0.15, -0.1) is 0 Å². The van der Waals surface area contributed by atoms with Crippen LogP contribution in [0.1, 0.15) is 30.9 Å². The lowest BCUT2D eigenvalue weighted by molar-refractivity contribution is -0.123. The van der Waals surface area contributed by atoms with Crippen LogP contribution in [0.5, 0.6) is 0 Å². The number of amides is 1. The zero-order valence-corrected chi connectivity index (χ0v) is 16.6. The number of hydrogen-bond acceptors (Lipinski definition) is 5. The fourth-order valence-corrected chi connectivity index (χ4v) is 5.05. The Hall–Kier alpha value is -1.45. The van der Waals surface area contributed by atoms with Crippen molar-refractivity contribution in [2.75, 3.05) is 39.5 Å². The summed E-state index contributed by atoms with van der Waals surface area (Å²) < 4.78 is 28.8. The predicted octanol–water partition coefficient (Wildman–Crippen LogP) is -0.00440. The van der Waals surface area contributed by atoms with Crippen LogP contribution in [-0.2, 0) is 21.9 Å². The number of carbonyl (C=O) groups is 1. The summed E-state index contributed by atoms with van der Waals surface area (Å²) in [6.45, 7) is 1.46. The molecule has 8 nitrogen and oxygen atoms in total. The Balaban J connectivity index is 1.72. The van der Waals surface area contributed by atoms with Crippen molar-refractivity contribution in [2.45, 2.75) is 31.2 Å². The molecule has 1 N–H and O–H groups in total. The number of hydrogen-bond donors (Lipinski definition) is 1. The smallest absolute Gasteiger partial charge is 0.223 e. The van der Waals surface area contributed by atoms with Crippen LogP contribution in [0.3, 0.4) is 0 Å². The summed E-state index contributed by atoms with van der Waals surface area (Å²) in [5, 5.41) is 7.30. The fraction of sp³-hybridized carbons (Fsp3) is 0.765. The molecule has 1 aliphatic carbocycles. The number of aryl methyl sites for hydroxylation is 1. The van der Waals surface area contributed by atoms with E-state index in [-0.39, 0.29) is 29.5 Å². The van der Waals surface area contributed by atoms with E-state index in [0.29, 0.717) is 19.5 Å². The van der Waals surface area contributed by atoms with Crippen molar-refractivity contribution in [3.63, 3.8) is 0 Å². The first-order chi connectivity index (χ1) is 12.3. The largest absolute Gasteiger partial charge is 0.351 e. The van der Waals surface area contributed by atoms with Crippen LogP contribution in [0.25, 0.3) is 0 Å². The van der Waals surface area contributed by atoms with Crippen LogP contribution in [0.4, 0.5) is 0 Å². The Morgan fingerprint density at radius 3 is 2.65 bits per heavy atom. The van der Waals surface area contributed by atoms with Gasteiger partial charge in [0, 0.05) is 43.9 Å². The molecular weight excluding hydrogens is 354 g/mol. The molecule has 0 unspecified atom stereocenters. The minimum atomic E-state index is -3.34. The molecule has 0 radical (unpaired) electrons. The average molecular weight is 384 g/mol. The summed E-state index contributed by atoms with van der Waals surface area (Å²) in [6.07, 6.45) is 4.17. The normalized spacial score (nSPS) is 24.3. The maximum Gasteiger partial charge on any atom is 0.223 e. The van der Waals surface area contributed by atoms with E-state index in [1.807, 2.05) is 32.1 Å². The quantitative estimate of drug-likeness (QED) is 0.683. The standard InChI is InChI=1S/C17H29N5O3S/c1-20(2)9-4-10-26(24,25)22-11-14(16-7-8-18-21(16)3)15(12-22)19-17(23)13-5-6-13/h7-8,13-15H,4-6,9-12H2,1-3H3,(H,19,23)/t14-,15-/m1/s1. The van der Waals surface area contributed by atoms with Gasteiger partial charge in [-0.3, -0.25) is 9.48 Å². The van der Waals surface area contributed by atoms with E-state index < -0.39 is 10.0 Å². The number of sulfonamides is 1. The Morgan fingerprint density at radius 1 is 1.35 bits per heavy atom. The van der Waals surface area contributed by atoms with Gasteiger partial charge in [0.05, 0.1) is 11.8 Å². The van der Waals surface area contributed by atoms with Crippen molar-refractivity contribution in [2.24, 2.45) is 13.0 Å². The van der Waals surface area contributed by atoms with Gasteiger partial charge in [0.15, 0.2) is 0 Å². The second-order valence-electron chi connectivity index (χ2n) is 7.67. The summed E-state index contributed by atoms with van der Waals surface area (Å²) in [7, 11) is 2.38. The van der Waals surface area contributed by atoms with Crippen LogP contribution in [-0.4, -0.2) is 78.8 Å². The molecule has 9 heteroatoms. The molecule has 1 saturated carbocycles. The molecule has 1 saturated heterocycles. The van der Waals surface area contributed by atoms with Gasteiger partial charge in [0.2, 0.25) is 15.9 Å². The summed E-state index contributed by atoms with van der Waals surface area (Å²) in [5.74, 6) is 0.211. The lowest BCUT2D eigenvalue weighted by Crippen LogP contribution is -2.41. The average Bonchev–Trinajstić information content (AvgIpc) is 3.20. The maximum absolute atomic E-state index is 12.8. The van der Waals surface area contributed by atoms with Crippen LogP contribution in [0.15, 0.2) is 12.3 Å². The van der Waals surface area contributed by atoms with Crippen molar-refractivity contribution >= 4 is 15.9 Å². The highest BCUT2D eigenvalue weighted by Gasteiger charge is 2.42. The van der Waals surface area contributed by atoms with Crippen molar-refractivity contribution in [3.05, 3.63) is 18.0 Å². The zero-order chi connectivity index (χ0) is 18.9. The van der Waals surface area contributed by atoms with Crippen LogP contribution >= 0.6 is 0 Å². The minimum Gasteiger partial charge on any atom is -0.351 e. The maximum atomic E-state index is 12.8. The molecule has 0 spiro atoms.